The Labute approximate surface area is 201 Å². The molecule has 188 valence electrons. The zero-order valence-electron chi connectivity index (χ0n) is 21.6. The molecule has 0 aromatic rings. The molecular weight excluding hydrogens is 392 g/mol. The Morgan fingerprint density at radius 3 is 0.500 bits per heavy atom. The molecule has 2 nitrogen and oxygen atoms in total. The second-order valence-electron chi connectivity index (χ2n) is 10.5. The highest BCUT2D eigenvalue weighted by Crippen LogP contribution is 2.16. The molecule has 0 aromatic heterocycles. The van der Waals surface area contributed by atoms with Crippen LogP contribution in [0.25, 0.3) is 0 Å². The van der Waals surface area contributed by atoms with E-state index in [9.17, 15) is 9.59 Å². The van der Waals surface area contributed by atoms with Crippen molar-refractivity contribution in [2.45, 2.75) is 180 Å². The summed E-state index contributed by atoms with van der Waals surface area (Å²) >= 11 is 0. The minimum Gasteiger partial charge on any atom is -0.291 e. The number of Topliss-reactive ketones (excluding diaryl/α,β-unsaturated/α-hetero) is 2. The Kier molecular flexibility index (Phi) is 21.6. The Bertz CT molecular complexity index is 389. The monoisotopic (exact) mass is 448 g/mol. The highest BCUT2D eigenvalue weighted by atomic mass is 16.2. The number of hydrogen-bond donors (Lipinski definition) is 0. The summed E-state index contributed by atoms with van der Waals surface area (Å²) < 4.78 is 0. The Morgan fingerprint density at radius 2 is 0.344 bits per heavy atom. The lowest BCUT2D eigenvalue weighted by atomic mass is 10.0. The topological polar surface area (TPSA) is 34.1 Å². The van der Waals surface area contributed by atoms with Crippen molar-refractivity contribution in [1.82, 2.24) is 0 Å². The van der Waals surface area contributed by atoms with E-state index < -0.39 is 0 Å². The van der Waals surface area contributed by atoms with E-state index in [4.69, 9.17) is 0 Å². The van der Waals surface area contributed by atoms with Crippen LogP contribution in [-0.4, -0.2) is 11.6 Å². The third-order valence-electron chi connectivity index (χ3n) is 7.37. The molecule has 2 heteroatoms. The molecule has 1 fully saturated rings. The van der Waals surface area contributed by atoms with E-state index in [0.29, 0.717) is 12.8 Å². The highest BCUT2D eigenvalue weighted by molar-refractivity contribution is 6.37. The van der Waals surface area contributed by atoms with Crippen LogP contribution in [0.1, 0.15) is 180 Å². The fraction of sp³-hybridized carbons (Fsp3) is 0.933. The van der Waals surface area contributed by atoms with Gasteiger partial charge in [0.05, 0.1) is 0 Å². The SMILES string of the molecule is O=C1CCCCCCCCCCCCCCCCCCCCCCCCCCCCC1=O. The maximum Gasteiger partial charge on any atom is 0.198 e. The van der Waals surface area contributed by atoms with E-state index in [1.165, 1.54) is 141 Å². The van der Waals surface area contributed by atoms with Gasteiger partial charge in [-0.2, -0.15) is 0 Å². The largest absolute Gasteiger partial charge is 0.291 e. The minimum atomic E-state index is -0.107. The van der Waals surface area contributed by atoms with Gasteiger partial charge in [-0.15, -0.1) is 0 Å². The standard InChI is InChI=1S/C30H56O2/c31-29-27-25-23-21-19-17-15-13-11-9-7-5-3-1-2-4-6-8-10-12-14-16-18-20-22-24-26-28-30(29)32/h1-28H2. The predicted octanol–water partition coefficient (Wildman–Crippen LogP) is 10.1. The Balaban J connectivity index is 2.13. The summed E-state index contributed by atoms with van der Waals surface area (Å²) in [4.78, 5) is 24.0. The number of carbonyl (C=O) groups excluding carboxylic acids is 2. The van der Waals surface area contributed by atoms with E-state index >= 15 is 0 Å². The first kappa shape index (κ1) is 29.4. The number of hydrogen-bond acceptors (Lipinski definition) is 2. The zero-order chi connectivity index (χ0) is 23.0. The molecule has 0 N–H and O–H groups in total. The molecule has 0 saturated heterocycles. The number of carbonyl (C=O) groups is 2. The van der Waals surface area contributed by atoms with Gasteiger partial charge in [-0.25, -0.2) is 0 Å². The normalized spacial score (nSPS) is 23.4. The van der Waals surface area contributed by atoms with Gasteiger partial charge in [-0.3, -0.25) is 9.59 Å². The summed E-state index contributed by atoms with van der Waals surface area (Å²) in [5, 5.41) is 0. The molecule has 1 rings (SSSR count). The van der Waals surface area contributed by atoms with E-state index in [2.05, 4.69) is 0 Å². The van der Waals surface area contributed by atoms with Gasteiger partial charge < -0.3 is 0 Å². The van der Waals surface area contributed by atoms with Crippen LogP contribution in [0.5, 0.6) is 0 Å². The third-order valence-corrected chi connectivity index (χ3v) is 7.37. The van der Waals surface area contributed by atoms with Crippen LogP contribution in [0.15, 0.2) is 0 Å². The van der Waals surface area contributed by atoms with Crippen molar-refractivity contribution in [2.75, 3.05) is 0 Å². The van der Waals surface area contributed by atoms with E-state index in [1.807, 2.05) is 0 Å². The maximum atomic E-state index is 12.0. The van der Waals surface area contributed by atoms with Crippen molar-refractivity contribution < 1.29 is 9.59 Å². The lowest BCUT2D eigenvalue weighted by Gasteiger charge is -2.05. The Hall–Kier alpha value is -0.660. The van der Waals surface area contributed by atoms with Crippen molar-refractivity contribution in [1.29, 1.82) is 0 Å². The smallest absolute Gasteiger partial charge is 0.198 e. The van der Waals surface area contributed by atoms with Crippen molar-refractivity contribution in [3.05, 3.63) is 0 Å². The fourth-order valence-electron chi connectivity index (χ4n) is 5.09. The molecular formula is C30H56O2. The van der Waals surface area contributed by atoms with Crippen molar-refractivity contribution in [3.63, 3.8) is 0 Å². The molecule has 0 spiro atoms. The summed E-state index contributed by atoms with van der Waals surface area (Å²) in [6.07, 6.45) is 35.5. The van der Waals surface area contributed by atoms with Crippen LogP contribution < -0.4 is 0 Å². The number of rotatable bonds is 0. The highest BCUT2D eigenvalue weighted by Gasteiger charge is 2.12. The summed E-state index contributed by atoms with van der Waals surface area (Å²) in [6, 6.07) is 0. The van der Waals surface area contributed by atoms with E-state index in [0.717, 1.165) is 25.7 Å². The summed E-state index contributed by atoms with van der Waals surface area (Å²) in [5.41, 5.74) is 0. The molecule has 0 aromatic carbocycles. The first-order valence-electron chi connectivity index (χ1n) is 14.9. The van der Waals surface area contributed by atoms with Gasteiger partial charge in [-0.1, -0.05) is 154 Å². The molecule has 0 atom stereocenters. The summed E-state index contributed by atoms with van der Waals surface area (Å²) in [6.45, 7) is 0. The third kappa shape index (κ3) is 20.0. The lowest BCUT2D eigenvalue weighted by Crippen LogP contribution is -2.13. The molecule has 32 heavy (non-hydrogen) atoms. The molecule has 1 aliphatic carbocycles. The average molecular weight is 449 g/mol. The van der Waals surface area contributed by atoms with Gasteiger partial charge in [0.1, 0.15) is 0 Å². The maximum absolute atomic E-state index is 12.0. The number of ketones is 2. The van der Waals surface area contributed by atoms with Crippen molar-refractivity contribution >= 4 is 11.6 Å². The molecule has 1 aliphatic rings. The molecule has 0 aliphatic heterocycles. The van der Waals surface area contributed by atoms with Crippen molar-refractivity contribution in [2.24, 2.45) is 0 Å². The summed E-state index contributed by atoms with van der Waals surface area (Å²) in [7, 11) is 0. The summed E-state index contributed by atoms with van der Waals surface area (Å²) in [5.74, 6) is -0.214. The molecule has 0 radical (unpaired) electrons. The van der Waals surface area contributed by atoms with Gasteiger partial charge in [0.15, 0.2) is 11.6 Å². The molecule has 1 saturated carbocycles. The van der Waals surface area contributed by atoms with E-state index in [1.54, 1.807) is 0 Å². The lowest BCUT2D eigenvalue weighted by molar-refractivity contribution is -0.136. The average Bonchev–Trinajstić information content (AvgIpc) is 2.80. The molecule has 0 heterocycles. The van der Waals surface area contributed by atoms with Crippen LogP contribution in [0.2, 0.25) is 0 Å². The first-order chi connectivity index (χ1) is 15.8. The van der Waals surface area contributed by atoms with Crippen LogP contribution in [0.3, 0.4) is 0 Å². The zero-order valence-corrected chi connectivity index (χ0v) is 21.6. The first-order valence-corrected chi connectivity index (χ1v) is 14.9. The van der Waals surface area contributed by atoms with Gasteiger partial charge in [0, 0.05) is 12.8 Å². The van der Waals surface area contributed by atoms with Gasteiger partial charge in [-0.05, 0) is 12.8 Å². The molecule has 0 amide bonds. The van der Waals surface area contributed by atoms with Gasteiger partial charge in [0.25, 0.3) is 0 Å². The van der Waals surface area contributed by atoms with Gasteiger partial charge in [0.2, 0.25) is 0 Å². The Morgan fingerprint density at radius 1 is 0.219 bits per heavy atom. The quantitative estimate of drug-likeness (QED) is 0.345. The van der Waals surface area contributed by atoms with E-state index in [-0.39, 0.29) is 11.6 Å². The predicted molar refractivity (Wildman–Crippen MR) is 139 cm³/mol. The second-order valence-corrected chi connectivity index (χ2v) is 10.5. The van der Waals surface area contributed by atoms with Crippen LogP contribution in [0, 0.1) is 0 Å². The van der Waals surface area contributed by atoms with Crippen LogP contribution in [0.4, 0.5) is 0 Å². The second kappa shape index (κ2) is 23.5. The minimum absolute atomic E-state index is 0.107. The molecule has 0 unspecified atom stereocenters. The fourth-order valence-corrected chi connectivity index (χ4v) is 5.09. The van der Waals surface area contributed by atoms with Crippen LogP contribution >= 0.6 is 0 Å². The van der Waals surface area contributed by atoms with Crippen molar-refractivity contribution in [3.8, 4) is 0 Å². The molecule has 0 bridgehead atoms. The van der Waals surface area contributed by atoms with Gasteiger partial charge >= 0.3 is 0 Å². The van der Waals surface area contributed by atoms with Crippen LogP contribution in [-0.2, 0) is 9.59 Å².